The molecule has 0 aliphatic heterocycles. The summed E-state index contributed by atoms with van der Waals surface area (Å²) in [5.74, 6) is -0.101. The minimum absolute atomic E-state index is 0.101. The highest BCUT2D eigenvalue weighted by Gasteiger charge is 2.11. The van der Waals surface area contributed by atoms with E-state index in [1.54, 1.807) is 18.2 Å². The average molecular weight is 370 g/mol. The number of carbonyl (C=O) groups is 1. The summed E-state index contributed by atoms with van der Waals surface area (Å²) >= 11 is 13.4. The molecule has 4 nitrogen and oxygen atoms in total. The highest BCUT2D eigenvalue weighted by atomic mass is 35.5. The Morgan fingerprint density at radius 3 is 2.22 bits per heavy atom. The average Bonchev–Trinajstić information content (AvgIpc) is 2.44. The van der Waals surface area contributed by atoms with E-state index < -0.39 is 0 Å². The van der Waals surface area contributed by atoms with Crippen LogP contribution in [0.2, 0.25) is 10.0 Å². The Morgan fingerprint density at radius 2 is 1.70 bits per heavy atom. The maximum absolute atomic E-state index is 12.1. The number of hydrogen-bond acceptors (Lipinski definition) is 4. The summed E-state index contributed by atoms with van der Waals surface area (Å²) < 4.78 is 0. The van der Waals surface area contributed by atoms with Crippen LogP contribution in [0.4, 0.5) is 5.69 Å². The maximum atomic E-state index is 12.1. The fourth-order valence-electron chi connectivity index (χ4n) is 2.25. The molecule has 0 spiro atoms. The molecule has 0 saturated heterocycles. The van der Waals surface area contributed by atoms with E-state index >= 15 is 0 Å². The zero-order valence-electron chi connectivity index (χ0n) is 13.1. The highest BCUT2D eigenvalue weighted by molar-refractivity contribution is 7.98. The van der Waals surface area contributed by atoms with E-state index in [0.717, 1.165) is 22.1 Å². The van der Waals surface area contributed by atoms with Crippen LogP contribution in [0.5, 0.6) is 0 Å². The van der Waals surface area contributed by atoms with Gasteiger partial charge in [0.05, 0.1) is 0 Å². The van der Waals surface area contributed by atoms with Crippen LogP contribution >= 0.6 is 35.0 Å². The number of halogens is 2. The number of nitrogens with zero attached hydrogens (tertiary/aromatic N) is 2. The number of benzene rings is 1. The number of thioether (sulfide) groups is 1. The summed E-state index contributed by atoms with van der Waals surface area (Å²) in [6.45, 7) is 3.89. The summed E-state index contributed by atoms with van der Waals surface area (Å²) in [6.07, 6.45) is 2.87. The zero-order chi connectivity index (χ0) is 17.0. The molecule has 1 heterocycles. The molecule has 7 heteroatoms. The molecule has 2 aromatic rings. The molecule has 0 aliphatic carbocycles. The Kier molecular flexibility index (Phi) is 6.27. The van der Waals surface area contributed by atoms with Crippen molar-refractivity contribution < 1.29 is 4.79 Å². The van der Waals surface area contributed by atoms with Gasteiger partial charge in [0.25, 0.3) is 0 Å². The van der Waals surface area contributed by atoms with Gasteiger partial charge in [-0.15, -0.1) is 0 Å². The lowest BCUT2D eigenvalue weighted by molar-refractivity contribution is -0.116. The quantitative estimate of drug-likeness (QED) is 0.613. The van der Waals surface area contributed by atoms with Crippen LogP contribution in [0.25, 0.3) is 0 Å². The van der Waals surface area contributed by atoms with Gasteiger partial charge in [0.15, 0.2) is 5.16 Å². The molecule has 1 aromatic heterocycles. The topological polar surface area (TPSA) is 54.9 Å². The van der Waals surface area contributed by atoms with Crippen LogP contribution in [-0.2, 0) is 11.2 Å². The third-order valence-electron chi connectivity index (χ3n) is 3.33. The lowest BCUT2D eigenvalue weighted by Crippen LogP contribution is -2.13. The molecule has 1 amide bonds. The van der Waals surface area contributed by atoms with Gasteiger partial charge in [0.1, 0.15) is 0 Å². The van der Waals surface area contributed by atoms with Crippen LogP contribution in [0.15, 0.2) is 23.4 Å². The lowest BCUT2D eigenvalue weighted by Gasteiger charge is -2.10. The summed E-state index contributed by atoms with van der Waals surface area (Å²) in [5.41, 5.74) is 3.44. The smallest absolute Gasteiger partial charge is 0.224 e. The number of hydrogen-bond donors (Lipinski definition) is 1. The molecule has 0 bridgehead atoms. The highest BCUT2D eigenvalue weighted by Crippen LogP contribution is 2.23. The number of nitrogens with one attached hydrogen (secondary N) is 1. The number of carbonyl (C=O) groups excluding carboxylic acids is 1. The second kappa shape index (κ2) is 7.99. The van der Waals surface area contributed by atoms with Crippen LogP contribution < -0.4 is 5.32 Å². The molecule has 0 saturated carbocycles. The number of amides is 1. The number of aromatic nitrogens is 2. The number of rotatable bonds is 5. The molecule has 1 aromatic carbocycles. The van der Waals surface area contributed by atoms with Crippen molar-refractivity contribution in [1.82, 2.24) is 9.97 Å². The molecule has 2 rings (SSSR count). The Morgan fingerprint density at radius 1 is 1.13 bits per heavy atom. The minimum atomic E-state index is -0.101. The van der Waals surface area contributed by atoms with Gasteiger partial charge >= 0.3 is 0 Å². The van der Waals surface area contributed by atoms with Crippen molar-refractivity contribution >= 4 is 46.6 Å². The van der Waals surface area contributed by atoms with Crippen molar-refractivity contribution in [3.05, 3.63) is 45.2 Å². The van der Waals surface area contributed by atoms with Gasteiger partial charge in [0.2, 0.25) is 5.91 Å². The SMILES string of the molecule is CSc1nc(C)c(CCC(=O)Nc2cc(Cl)cc(Cl)c2)c(C)n1. The molecule has 23 heavy (non-hydrogen) atoms. The van der Waals surface area contributed by atoms with Gasteiger partial charge in [-0.05, 0) is 50.3 Å². The molecule has 0 aliphatic rings. The van der Waals surface area contributed by atoms with E-state index in [9.17, 15) is 4.79 Å². The van der Waals surface area contributed by atoms with E-state index in [2.05, 4.69) is 15.3 Å². The molecular formula is C16H17Cl2N3OS. The third-order valence-corrected chi connectivity index (χ3v) is 4.32. The van der Waals surface area contributed by atoms with Gasteiger partial charge < -0.3 is 5.32 Å². The lowest BCUT2D eigenvalue weighted by atomic mass is 10.1. The summed E-state index contributed by atoms with van der Waals surface area (Å²) in [6, 6.07) is 4.95. The fraction of sp³-hybridized carbons (Fsp3) is 0.312. The van der Waals surface area contributed by atoms with Crippen molar-refractivity contribution in [3.8, 4) is 0 Å². The van der Waals surface area contributed by atoms with E-state index in [1.165, 1.54) is 11.8 Å². The zero-order valence-corrected chi connectivity index (χ0v) is 15.4. The molecule has 1 N–H and O–H groups in total. The van der Waals surface area contributed by atoms with Crippen molar-refractivity contribution in [2.75, 3.05) is 11.6 Å². The molecule has 0 unspecified atom stereocenters. The third kappa shape index (κ3) is 5.09. The molecular weight excluding hydrogens is 353 g/mol. The van der Waals surface area contributed by atoms with Crippen LogP contribution in [0, 0.1) is 13.8 Å². The second-order valence-corrected chi connectivity index (χ2v) is 6.71. The van der Waals surface area contributed by atoms with E-state index in [0.29, 0.717) is 28.6 Å². The predicted octanol–water partition coefficient (Wildman–Crippen LogP) is 4.69. The van der Waals surface area contributed by atoms with Crippen LogP contribution in [-0.4, -0.2) is 22.1 Å². The first-order chi connectivity index (χ1) is 10.9. The summed E-state index contributed by atoms with van der Waals surface area (Å²) in [5, 5.41) is 4.53. The minimum Gasteiger partial charge on any atom is -0.326 e. The second-order valence-electron chi connectivity index (χ2n) is 5.07. The van der Waals surface area contributed by atoms with E-state index in [4.69, 9.17) is 23.2 Å². The monoisotopic (exact) mass is 369 g/mol. The Labute approximate surface area is 150 Å². The summed E-state index contributed by atoms with van der Waals surface area (Å²) in [4.78, 5) is 21.0. The van der Waals surface area contributed by atoms with Gasteiger partial charge in [-0.2, -0.15) is 0 Å². The first kappa shape index (κ1) is 18.0. The van der Waals surface area contributed by atoms with Gasteiger partial charge in [-0.3, -0.25) is 4.79 Å². The Hall–Kier alpha value is -1.30. The van der Waals surface area contributed by atoms with E-state index in [-0.39, 0.29) is 5.91 Å². The molecule has 0 radical (unpaired) electrons. The molecule has 0 fully saturated rings. The standard InChI is InChI=1S/C16H17Cl2N3OS/c1-9-14(10(2)20-16(19-9)23-3)4-5-15(22)21-13-7-11(17)6-12(18)8-13/h6-8H,4-5H2,1-3H3,(H,21,22). The predicted molar refractivity (Wildman–Crippen MR) is 96.7 cm³/mol. The number of anilines is 1. The summed E-state index contributed by atoms with van der Waals surface area (Å²) in [7, 11) is 0. The largest absolute Gasteiger partial charge is 0.326 e. The fourth-order valence-corrected chi connectivity index (χ4v) is 3.23. The Bertz CT molecular complexity index is 694. The molecule has 0 atom stereocenters. The van der Waals surface area contributed by atoms with E-state index in [1.807, 2.05) is 20.1 Å². The van der Waals surface area contributed by atoms with Crippen LogP contribution in [0.1, 0.15) is 23.4 Å². The van der Waals surface area contributed by atoms with Crippen molar-refractivity contribution in [2.24, 2.45) is 0 Å². The first-order valence-electron chi connectivity index (χ1n) is 7.03. The molecule has 122 valence electrons. The number of aryl methyl sites for hydroxylation is 2. The Balaban J connectivity index is 2.02. The van der Waals surface area contributed by atoms with Crippen molar-refractivity contribution in [1.29, 1.82) is 0 Å². The maximum Gasteiger partial charge on any atom is 0.224 e. The van der Waals surface area contributed by atoms with Gasteiger partial charge in [0, 0.05) is 33.5 Å². The normalized spacial score (nSPS) is 10.7. The van der Waals surface area contributed by atoms with Crippen molar-refractivity contribution in [3.63, 3.8) is 0 Å². The van der Waals surface area contributed by atoms with Crippen LogP contribution in [0.3, 0.4) is 0 Å². The van der Waals surface area contributed by atoms with Gasteiger partial charge in [-0.1, -0.05) is 35.0 Å². The van der Waals surface area contributed by atoms with Gasteiger partial charge in [-0.25, -0.2) is 9.97 Å². The first-order valence-corrected chi connectivity index (χ1v) is 9.01. The van der Waals surface area contributed by atoms with Crippen molar-refractivity contribution in [2.45, 2.75) is 31.8 Å².